The molecule has 0 atom stereocenters. The first-order chi connectivity index (χ1) is 7.22. The molecule has 0 fully saturated rings. The van der Waals surface area contributed by atoms with Gasteiger partial charge in [-0.1, -0.05) is 0 Å². The maximum absolute atomic E-state index is 11.1. The second-order valence-electron chi connectivity index (χ2n) is 3.27. The van der Waals surface area contributed by atoms with Crippen LogP contribution in [0.5, 0.6) is 0 Å². The zero-order chi connectivity index (χ0) is 10.8. The summed E-state index contributed by atoms with van der Waals surface area (Å²) in [4.78, 5) is 22.3. The summed E-state index contributed by atoms with van der Waals surface area (Å²) in [7, 11) is 0. The molecule has 0 aliphatic heterocycles. The van der Waals surface area contributed by atoms with Gasteiger partial charge in [0.25, 0.3) is 0 Å². The van der Waals surface area contributed by atoms with Gasteiger partial charge in [0.1, 0.15) is 11.4 Å². The fourth-order valence-electron chi connectivity index (χ4n) is 1.40. The zero-order valence-corrected chi connectivity index (χ0v) is 8.69. The highest BCUT2D eigenvalue weighted by molar-refractivity contribution is 5.92. The summed E-state index contributed by atoms with van der Waals surface area (Å²) in [5.74, 6) is 0.663. The number of carbonyl (C=O) groups is 1. The first-order valence-electron chi connectivity index (χ1n) is 4.78. The van der Waals surface area contributed by atoms with E-state index in [1.54, 1.807) is 18.7 Å². The molecule has 0 spiro atoms. The van der Waals surface area contributed by atoms with Crippen LogP contribution in [0.15, 0.2) is 18.7 Å². The van der Waals surface area contributed by atoms with Crippen molar-refractivity contribution in [1.29, 1.82) is 0 Å². The lowest BCUT2D eigenvalue weighted by molar-refractivity contribution is 0.101. The molecular weight excluding hydrogens is 192 g/mol. The molecule has 78 valence electrons. The highest BCUT2D eigenvalue weighted by Gasteiger charge is 2.09. The number of hydrogen-bond donors (Lipinski definition) is 1. The monoisotopic (exact) mass is 204 g/mol. The van der Waals surface area contributed by atoms with E-state index in [0.717, 1.165) is 12.2 Å². The number of nitrogens with zero attached hydrogens (tertiary/aromatic N) is 3. The Morgan fingerprint density at radius 3 is 2.93 bits per heavy atom. The number of aryl methyl sites for hydroxylation is 1. The maximum atomic E-state index is 11.1. The van der Waals surface area contributed by atoms with Crippen LogP contribution in [-0.4, -0.2) is 25.3 Å². The molecule has 0 saturated heterocycles. The van der Waals surface area contributed by atoms with Crippen LogP contribution in [0, 0.1) is 0 Å². The van der Waals surface area contributed by atoms with Crippen molar-refractivity contribution in [3.8, 4) is 11.5 Å². The normalized spacial score (nSPS) is 10.5. The molecule has 2 aromatic heterocycles. The molecule has 2 aromatic rings. The van der Waals surface area contributed by atoms with Crippen LogP contribution in [0.1, 0.15) is 24.3 Å². The van der Waals surface area contributed by atoms with E-state index in [2.05, 4.69) is 15.0 Å². The molecule has 5 heteroatoms. The Morgan fingerprint density at radius 1 is 1.53 bits per heavy atom. The summed E-state index contributed by atoms with van der Waals surface area (Å²) in [5, 5.41) is 0. The van der Waals surface area contributed by atoms with Crippen molar-refractivity contribution in [3.05, 3.63) is 24.4 Å². The first kappa shape index (κ1) is 9.64. The molecule has 0 amide bonds. The van der Waals surface area contributed by atoms with E-state index in [1.165, 1.54) is 6.92 Å². The molecule has 0 bridgehead atoms. The molecule has 0 radical (unpaired) electrons. The van der Waals surface area contributed by atoms with Gasteiger partial charge in [-0.3, -0.25) is 4.79 Å². The van der Waals surface area contributed by atoms with Gasteiger partial charge in [0, 0.05) is 13.5 Å². The number of carbonyl (C=O) groups excluding carboxylic acids is 1. The van der Waals surface area contributed by atoms with Gasteiger partial charge in [0.2, 0.25) is 0 Å². The van der Waals surface area contributed by atoms with E-state index in [-0.39, 0.29) is 5.78 Å². The number of rotatable bonds is 3. The second-order valence-corrected chi connectivity index (χ2v) is 3.27. The number of H-pyrrole nitrogens is 1. The standard InChI is InChI=1S/C10H12N4O/c1-3-14-6-11-5-9(14)10-12-4-8(13-10)7(2)15/h4-6H,3H2,1-2H3,(H,12,13). The van der Waals surface area contributed by atoms with E-state index in [9.17, 15) is 4.79 Å². The Hall–Kier alpha value is -1.91. The van der Waals surface area contributed by atoms with Crippen molar-refractivity contribution in [2.24, 2.45) is 0 Å². The molecule has 2 heterocycles. The Labute approximate surface area is 87.2 Å². The van der Waals surface area contributed by atoms with Gasteiger partial charge >= 0.3 is 0 Å². The van der Waals surface area contributed by atoms with Gasteiger partial charge in [-0.15, -0.1) is 0 Å². The largest absolute Gasteiger partial charge is 0.334 e. The molecule has 1 N–H and O–H groups in total. The van der Waals surface area contributed by atoms with Crippen LogP contribution >= 0.6 is 0 Å². The van der Waals surface area contributed by atoms with Crippen molar-refractivity contribution in [2.45, 2.75) is 20.4 Å². The van der Waals surface area contributed by atoms with Gasteiger partial charge in [0.15, 0.2) is 11.6 Å². The third-order valence-corrected chi connectivity index (χ3v) is 2.25. The Bertz CT molecular complexity index is 483. The lowest BCUT2D eigenvalue weighted by Crippen LogP contribution is -1.96. The van der Waals surface area contributed by atoms with Gasteiger partial charge in [-0.05, 0) is 6.92 Å². The van der Waals surface area contributed by atoms with Crippen molar-refractivity contribution in [1.82, 2.24) is 19.5 Å². The summed E-state index contributed by atoms with van der Waals surface area (Å²) in [6, 6.07) is 0. The minimum absolute atomic E-state index is 0.0173. The average molecular weight is 204 g/mol. The minimum Gasteiger partial charge on any atom is -0.334 e. The topological polar surface area (TPSA) is 63.6 Å². The predicted octanol–water partition coefficient (Wildman–Crippen LogP) is 1.50. The molecule has 5 nitrogen and oxygen atoms in total. The van der Waals surface area contributed by atoms with Crippen LogP contribution in [0.4, 0.5) is 0 Å². The van der Waals surface area contributed by atoms with Crippen molar-refractivity contribution in [2.75, 3.05) is 0 Å². The van der Waals surface area contributed by atoms with Crippen LogP contribution in [0.25, 0.3) is 11.5 Å². The number of hydrogen-bond acceptors (Lipinski definition) is 3. The highest BCUT2D eigenvalue weighted by Crippen LogP contribution is 2.15. The van der Waals surface area contributed by atoms with Gasteiger partial charge in [0.05, 0.1) is 18.7 Å². The second kappa shape index (κ2) is 3.68. The van der Waals surface area contributed by atoms with E-state index in [1.807, 2.05) is 11.5 Å². The van der Waals surface area contributed by atoms with Crippen LogP contribution in [0.2, 0.25) is 0 Å². The predicted molar refractivity (Wildman–Crippen MR) is 55.5 cm³/mol. The molecule has 0 unspecified atom stereocenters. The van der Waals surface area contributed by atoms with Crippen LogP contribution < -0.4 is 0 Å². The van der Waals surface area contributed by atoms with E-state index in [4.69, 9.17) is 0 Å². The van der Waals surface area contributed by atoms with E-state index < -0.39 is 0 Å². The van der Waals surface area contributed by atoms with Crippen LogP contribution in [-0.2, 0) is 6.54 Å². The average Bonchev–Trinajstić information content (AvgIpc) is 2.85. The van der Waals surface area contributed by atoms with Crippen LogP contribution in [0.3, 0.4) is 0 Å². The van der Waals surface area contributed by atoms with Crippen molar-refractivity contribution < 1.29 is 4.79 Å². The molecule has 0 aliphatic carbocycles. The Morgan fingerprint density at radius 2 is 2.33 bits per heavy atom. The van der Waals surface area contributed by atoms with E-state index >= 15 is 0 Å². The number of nitrogens with one attached hydrogen (secondary N) is 1. The quantitative estimate of drug-likeness (QED) is 0.770. The first-order valence-corrected chi connectivity index (χ1v) is 4.78. The molecule has 0 aromatic carbocycles. The van der Waals surface area contributed by atoms with Gasteiger partial charge in [-0.2, -0.15) is 0 Å². The molecular formula is C10H12N4O. The summed E-state index contributed by atoms with van der Waals surface area (Å²) >= 11 is 0. The molecule has 2 rings (SSSR count). The van der Waals surface area contributed by atoms with Crippen molar-refractivity contribution in [3.63, 3.8) is 0 Å². The summed E-state index contributed by atoms with van der Waals surface area (Å²) < 4.78 is 1.96. The Balaban J connectivity index is 2.41. The summed E-state index contributed by atoms with van der Waals surface area (Å²) in [6.45, 7) is 4.36. The van der Waals surface area contributed by atoms with Gasteiger partial charge < -0.3 is 9.55 Å². The lowest BCUT2D eigenvalue weighted by Gasteiger charge is -2.00. The smallest absolute Gasteiger partial charge is 0.177 e. The SMILES string of the molecule is CCn1cncc1-c1ncc(C(C)=O)[nH]1. The number of Topliss-reactive ketones (excluding diaryl/α,β-unsaturated/α-hetero) is 1. The molecule has 0 saturated carbocycles. The number of aromatic amines is 1. The molecule has 0 aliphatic rings. The third-order valence-electron chi connectivity index (χ3n) is 2.25. The van der Waals surface area contributed by atoms with Gasteiger partial charge in [-0.25, -0.2) is 9.97 Å². The highest BCUT2D eigenvalue weighted by atomic mass is 16.1. The number of aromatic nitrogens is 4. The molecule has 15 heavy (non-hydrogen) atoms. The number of imidazole rings is 2. The third kappa shape index (κ3) is 1.68. The summed E-state index contributed by atoms with van der Waals surface area (Å²) in [6.07, 6.45) is 5.02. The summed E-state index contributed by atoms with van der Waals surface area (Å²) in [5.41, 5.74) is 1.42. The number of ketones is 1. The zero-order valence-electron chi connectivity index (χ0n) is 8.69. The maximum Gasteiger partial charge on any atom is 0.177 e. The fourth-order valence-corrected chi connectivity index (χ4v) is 1.40. The Kier molecular flexibility index (Phi) is 2.37. The lowest BCUT2D eigenvalue weighted by atomic mass is 10.3. The van der Waals surface area contributed by atoms with E-state index in [0.29, 0.717) is 11.5 Å². The fraction of sp³-hybridized carbons (Fsp3) is 0.300. The van der Waals surface area contributed by atoms with Crippen molar-refractivity contribution >= 4 is 5.78 Å². The minimum atomic E-state index is -0.0173.